The van der Waals surface area contributed by atoms with E-state index >= 15 is 0 Å². The van der Waals surface area contributed by atoms with E-state index in [0.29, 0.717) is 35.1 Å². The number of hydrogen-bond donors (Lipinski definition) is 1. The van der Waals surface area contributed by atoms with Gasteiger partial charge in [0.25, 0.3) is 11.7 Å². The molecule has 1 saturated heterocycles. The molecule has 158 valence electrons. The van der Waals surface area contributed by atoms with Gasteiger partial charge >= 0.3 is 0 Å². The Bertz CT molecular complexity index is 1170. The highest BCUT2D eigenvalue weighted by atomic mass is 16.5. The summed E-state index contributed by atoms with van der Waals surface area (Å²) in [6.07, 6.45) is 0. The molecule has 2 aromatic carbocycles. The molecule has 31 heavy (non-hydrogen) atoms. The van der Waals surface area contributed by atoms with Crippen LogP contribution in [0.5, 0.6) is 5.75 Å². The number of aliphatic hydroxyl groups excluding tert-OH is 1. The minimum absolute atomic E-state index is 0.0198. The van der Waals surface area contributed by atoms with E-state index < -0.39 is 17.7 Å². The van der Waals surface area contributed by atoms with Crippen molar-refractivity contribution in [3.05, 3.63) is 88.9 Å². The van der Waals surface area contributed by atoms with Gasteiger partial charge in [-0.05, 0) is 57.2 Å². The Morgan fingerprint density at radius 2 is 1.81 bits per heavy atom. The van der Waals surface area contributed by atoms with Crippen LogP contribution in [-0.4, -0.2) is 23.4 Å². The fraction of sp³-hybridized carbons (Fsp3) is 0.200. The summed E-state index contributed by atoms with van der Waals surface area (Å²) in [5, 5.41) is 11.1. The van der Waals surface area contributed by atoms with Crippen molar-refractivity contribution in [1.82, 2.24) is 0 Å². The van der Waals surface area contributed by atoms with Crippen LogP contribution in [0, 0.1) is 13.8 Å². The van der Waals surface area contributed by atoms with Crippen molar-refractivity contribution in [2.45, 2.75) is 26.8 Å². The zero-order valence-corrected chi connectivity index (χ0v) is 17.6. The van der Waals surface area contributed by atoms with Gasteiger partial charge in [0, 0.05) is 11.3 Å². The molecule has 4 rings (SSSR count). The van der Waals surface area contributed by atoms with Crippen LogP contribution in [0.2, 0.25) is 0 Å². The molecule has 6 nitrogen and oxygen atoms in total. The molecule has 3 aromatic rings. The van der Waals surface area contributed by atoms with E-state index in [2.05, 4.69) is 0 Å². The molecule has 0 saturated carbocycles. The third-order valence-electron chi connectivity index (χ3n) is 5.21. The zero-order chi connectivity index (χ0) is 22.1. The Labute approximate surface area is 180 Å². The third-order valence-corrected chi connectivity index (χ3v) is 5.21. The van der Waals surface area contributed by atoms with Crippen molar-refractivity contribution in [1.29, 1.82) is 0 Å². The maximum atomic E-state index is 13.1. The predicted octanol–water partition coefficient (Wildman–Crippen LogP) is 4.92. The lowest BCUT2D eigenvalue weighted by atomic mass is 9.99. The molecule has 2 heterocycles. The Morgan fingerprint density at radius 1 is 1.06 bits per heavy atom. The molecule has 1 aliphatic rings. The molecule has 1 unspecified atom stereocenters. The molecule has 1 aliphatic heterocycles. The van der Waals surface area contributed by atoms with Crippen LogP contribution in [0.3, 0.4) is 0 Å². The van der Waals surface area contributed by atoms with Gasteiger partial charge < -0.3 is 14.3 Å². The van der Waals surface area contributed by atoms with Gasteiger partial charge in [-0.2, -0.15) is 0 Å². The number of hydrogen-bond acceptors (Lipinski definition) is 5. The first-order chi connectivity index (χ1) is 14.9. The normalized spacial score (nSPS) is 17.9. The van der Waals surface area contributed by atoms with Gasteiger partial charge in [0.2, 0.25) is 0 Å². The van der Waals surface area contributed by atoms with Gasteiger partial charge in [0.1, 0.15) is 29.1 Å². The number of carbonyl (C=O) groups excluding carboxylic acids is 2. The van der Waals surface area contributed by atoms with Gasteiger partial charge in [0.05, 0.1) is 12.2 Å². The number of anilines is 1. The topological polar surface area (TPSA) is 80.0 Å². The van der Waals surface area contributed by atoms with E-state index in [-0.39, 0.29) is 11.3 Å². The van der Waals surface area contributed by atoms with Gasteiger partial charge in [-0.3, -0.25) is 14.5 Å². The monoisotopic (exact) mass is 417 g/mol. The molecule has 6 heteroatoms. The van der Waals surface area contributed by atoms with Gasteiger partial charge in [-0.1, -0.05) is 29.8 Å². The number of benzene rings is 2. The Hall–Kier alpha value is -3.80. The fourth-order valence-corrected chi connectivity index (χ4v) is 3.73. The second-order valence-corrected chi connectivity index (χ2v) is 7.41. The highest BCUT2D eigenvalue weighted by Gasteiger charge is 2.48. The highest BCUT2D eigenvalue weighted by molar-refractivity contribution is 6.51. The zero-order valence-electron chi connectivity index (χ0n) is 17.6. The summed E-state index contributed by atoms with van der Waals surface area (Å²) < 4.78 is 11.3. The summed E-state index contributed by atoms with van der Waals surface area (Å²) in [4.78, 5) is 27.5. The standard InChI is InChI=1S/C25H23NO5/c1-4-30-19-7-5-6-17(14-19)23(27)21-22(20-13-10-16(3)31-20)26(25(29)24(21)28)18-11-8-15(2)9-12-18/h5-14,22,27H,4H2,1-3H3/b23-21-. The minimum atomic E-state index is -0.882. The van der Waals surface area contributed by atoms with Crippen LogP contribution in [0.25, 0.3) is 5.76 Å². The van der Waals surface area contributed by atoms with E-state index in [4.69, 9.17) is 9.15 Å². The van der Waals surface area contributed by atoms with Crippen LogP contribution in [0.15, 0.2) is 70.7 Å². The van der Waals surface area contributed by atoms with Crippen LogP contribution < -0.4 is 9.64 Å². The van der Waals surface area contributed by atoms with Crippen molar-refractivity contribution in [3.8, 4) is 5.75 Å². The molecule has 0 aliphatic carbocycles. The second kappa shape index (κ2) is 8.14. The van der Waals surface area contributed by atoms with E-state index in [1.165, 1.54) is 4.90 Å². The maximum Gasteiger partial charge on any atom is 0.300 e. The summed E-state index contributed by atoms with van der Waals surface area (Å²) in [5.41, 5.74) is 1.95. The Kier molecular flexibility index (Phi) is 5.38. The average molecular weight is 417 g/mol. The van der Waals surface area contributed by atoms with Crippen LogP contribution in [0.1, 0.15) is 35.6 Å². The average Bonchev–Trinajstić information content (AvgIpc) is 3.30. The van der Waals surface area contributed by atoms with E-state index in [1.54, 1.807) is 55.5 Å². The van der Waals surface area contributed by atoms with E-state index in [9.17, 15) is 14.7 Å². The number of ketones is 1. The Balaban J connectivity index is 1.90. The number of Topliss-reactive ketones (excluding diaryl/α,β-unsaturated/α-hetero) is 1. The minimum Gasteiger partial charge on any atom is -0.507 e. The number of carbonyl (C=O) groups is 2. The number of amides is 1. The number of nitrogens with zero attached hydrogens (tertiary/aromatic N) is 1. The molecule has 0 radical (unpaired) electrons. The van der Waals surface area contributed by atoms with Gasteiger partial charge in [0.15, 0.2) is 0 Å². The molecule has 1 atom stereocenters. The van der Waals surface area contributed by atoms with Crippen molar-refractivity contribution >= 4 is 23.1 Å². The van der Waals surface area contributed by atoms with E-state index in [0.717, 1.165) is 5.56 Å². The van der Waals surface area contributed by atoms with Gasteiger partial charge in [-0.15, -0.1) is 0 Å². The summed E-state index contributed by atoms with van der Waals surface area (Å²) >= 11 is 0. The van der Waals surface area contributed by atoms with Gasteiger partial charge in [-0.25, -0.2) is 0 Å². The summed E-state index contributed by atoms with van der Waals surface area (Å²) in [6, 6.07) is 16.7. The molecular formula is C25H23NO5. The third kappa shape index (κ3) is 3.72. The summed E-state index contributed by atoms with van der Waals surface area (Å²) in [5.74, 6) is -0.148. The van der Waals surface area contributed by atoms with E-state index in [1.807, 2.05) is 26.0 Å². The summed E-state index contributed by atoms with van der Waals surface area (Å²) in [6.45, 7) is 6.05. The molecule has 1 aromatic heterocycles. The lowest BCUT2D eigenvalue weighted by molar-refractivity contribution is -0.132. The molecule has 0 bridgehead atoms. The van der Waals surface area contributed by atoms with Crippen molar-refractivity contribution in [2.75, 3.05) is 11.5 Å². The second-order valence-electron chi connectivity index (χ2n) is 7.41. The van der Waals surface area contributed by atoms with Crippen molar-refractivity contribution < 1.29 is 23.8 Å². The number of ether oxygens (including phenoxy) is 1. The first-order valence-electron chi connectivity index (χ1n) is 10.1. The predicted molar refractivity (Wildman–Crippen MR) is 117 cm³/mol. The first kappa shape index (κ1) is 20.5. The molecule has 1 fully saturated rings. The lowest BCUT2D eigenvalue weighted by Crippen LogP contribution is -2.29. The largest absolute Gasteiger partial charge is 0.507 e. The van der Waals surface area contributed by atoms with Crippen LogP contribution >= 0.6 is 0 Å². The van der Waals surface area contributed by atoms with Crippen LogP contribution in [-0.2, 0) is 9.59 Å². The van der Waals surface area contributed by atoms with Crippen LogP contribution in [0.4, 0.5) is 5.69 Å². The molecule has 1 N–H and O–H groups in total. The molecular weight excluding hydrogens is 394 g/mol. The highest BCUT2D eigenvalue weighted by Crippen LogP contribution is 2.42. The maximum absolute atomic E-state index is 13.1. The van der Waals surface area contributed by atoms with Crippen molar-refractivity contribution in [3.63, 3.8) is 0 Å². The SMILES string of the molecule is CCOc1cccc(/C(O)=C2/C(=O)C(=O)N(c3ccc(C)cc3)C2c2ccc(C)o2)c1. The first-order valence-corrected chi connectivity index (χ1v) is 10.1. The molecule has 1 amide bonds. The quantitative estimate of drug-likeness (QED) is 0.362. The number of rotatable bonds is 5. The molecule has 0 spiro atoms. The smallest absolute Gasteiger partial charge is 0.300 e. The number of furan rings is 1. The van der Waals surface area contributed by atoms with Crippen molar-refractivity contribution in [2.24, 2.45) is 0 Å². The number of aryl methyl sites for hydroxylation is 2. The lowest BCUT2D eigenvalue weighted by Gasteiger charge is -2.23. The Morgan fingerprint density at radius 3 is 2.45 bits per heavy atom. The fourth-order valence-electron chi connectivity index (χ4n) is 3.73. The number of aliphatic hydroxyl groups is 1. The summed E-state index contributed by atoms with van der Waals surface area (Å²) in [7, 11) is 0.